The van der Waals surface area contributed by atoms with E-state index in [1.807, 2.05) is 11.3 Å². The Morgan fingerprint density at radius 2 is 1.65 bits per heavy atom. The largest absolute Gasteiger partial charge is 0.135 e. The van der Waals surface area contributed by atoms with Gasteiger partial charge in [-0.05, 0) is 30.0 Å². The predicted molar refractivity (Wildman–Crippen MR) is 89.6 cm³/mol. The molecular formula is C19H20S. The molecule has 0 aliphatic heterocycles. The minimum Gasteiger partial charge on any atom is -0.135 e. The highest BCUT2D eigenvalue weighted by Crippen LogP contribution is 2.35. The van der Waals surface area contributed by atoms with Crippen LogP contribution in [-0.4, -0.2) is 0 Å². The Hall–Kier alpha value is -1.34. The summed E-state index contributed by atoms with van der Waals surface area (Å²) in [5, 5.41) is 2.84. The van der Waals surface area contributed by atoms with Crippen molar-refractivity contribution >= 4 is 31.5 Å². The molecule has 1 aromatic heterocycles. The summed E-state index contributed by atoms with van der Waals surface area (Å²) in [4.78, 5) is 0. The Balaban J connectivity index is 1.69. The van der Waals surface area contributed by atoms with Crippen molar-refractivity contribution in [3.05, 3.63) is 48.0 Å². The molecule has 3 aromatic rings. The van der Waals surface area contributed by atoms with Crippen LogP contribution in [0.2, 0.25) is 0 Å². The molecule has 4 rings (SSSR count). The van der Waals surface area contributed by atoms with E-state index in [4.69, 9.17) is 0 Å². The van der Waals surface area contributed by atoms with Crippen LogP contribution in [0.5, 0.6) is 0 Å². The van der Waals surface area contributed by atoms with E-state index in [2.05, 4.69) is 42.5 Å². The Morgan fingerprint density at radius 1 is 0.850 bits per heavy atom. The van der Waals surface area contributed by atoms with Crippen LogP contribution < -0.4 is 0 Å². The molecule has 1 saturated carbocycles. The number of benzene rings is 2. The second-order valence-electron chi connectivity index (χ2n) is 6.14. The zero-order chi connectivity index (χ0) is 13.4. The van der Waals surface area contributed by atoms with E-state index in [-0.39, 0.29) is 0 Å². The number of hydrogen-bond acceptors (Lipinski definition) is 1. The Kier molecular flexibility index (Phi) is 3.23. The zero-order valence-electron chi connectivity index (χ0n) is 11.8. The van der Waals surface area contributed by atoms with E-state index in [9.17, 15) is 0 Å². The van der Waals surface area contributed by atoms with E-state index in [0.717, 1.165) is 5.92 Å². The molecule has 0 radical (unpaired) electrons. The van der Waals surface area contributed by atoms with Gasteiger partial charge in [-0.25, -0.2) is 0 Å². The van der Waals surface area contributed by atoms with Gasteiger partial charge in [-0.3, -0.25) is 0 Å². The van der Waals surface area contributed by atoms with E-state index >= 15 is 0 Å². The molecule has 0 bridgehead atoms. The summed E-state index contributed by atoms with van der Waals surface area (Å²) in [6.45, 7) is 0. The van der Waals surface area contributed by atoms with E-state index in [1.54, 1.807) is 0 Å². The number of hydrogen-bond donors (Lipinski definition) is 0. The molecule has 1 aliphatic carbocycles. The Bertz CT molecular complexity index is 732. The first-order valence-electron chi connectivity index (χ1n) is 7.80. The van der Waals surface area contributed by atoms with Crippen LogP contribution in [0, 0.1) is 5.92 Å². The normalized spacial score (nSPS) is 17.0. The quantitative estimate of drug-likeness (QED) is 0.526. The highest BCUT2D eigenvalue weighted by molar-refractivity contribution is 7.25. The van der Waals surface area contributed by atoms with Gasteiger partial charge in [0.15, 0.2) is 0 Å². The molecule has 20 heavy (non-hydrogen) atoms. The molecule has 0 unspecified atom stereocenters. The van der Waals surface area contributed by atoms with Crippen molar-refractivity contribution in [3.8, 4) is 0 Å². The molecule has 0 saturated heterocycles. The third kappa shape index (κ3) is 2.25. The van der Waals surface area contributed by atoms with Gasteiger partial charge in [0.2, 0.25) is 0 Å². The van der Waals surface area contributed by atoms with Crippen LogP contribution in [0.3, 0.4) is 0 Å². The lowest BCUT2D eigenvalue weighted by atomic mass is 9.85. The molecule has 0 spiro atoms. The third-order valence-corrected chi connectivity index (χ3v) is 5.83. The fourth-order valence-electron chi connectivity index (χ4n) is 3.62. The average molecular weight is 280 g/mol. The highest BCUT2D eigenvalue weighted by atomic mass is 32.1. The SMILES string of the molecule is c1ccc2c(c1)sc1cc(CC3CCCCC3)ccc12. The van der Waals surface area contributed by atoms with Gasteiger partial charge in [0.25, 0.3) is 0 Å². The van der Waals surface area contributed by atoms with Crippen LogP contribution in [0.15, 0.2) is 42.5 Å². The molecule has 0 amide bonds. The van der Waals surface area contributed by atoms with Gasteiger partial charge in [-0.15, -0.1) is 11.3 Å². The van der Waals surface area contributed by atoms with Crippen LogP contribution in [0.4, 0.5) is 0 Å². The molecule has 0 nitrogen and oxygen atoms in total. The van der Waals surface area contributed by atoms with Gasteiger partial charge < -0.3 is 0 Å². The Morgan fingerprint density at radius 3 is 2.55 bits per heavy atom. The van der Waals surface area contributed by atoms with Gasteiger partial charge in [-0.2, -0.15) is 0 Å². The van der Waals surface area contributed by atoms with Crippen LogP contribution >= 0.6 is 11.3 Å². The van der Waals surface area contributed by atoms with Crippen LogP contribution in [-0.2, 0) is 6.42 Å². The molecule has 1 heteroatoms. The summed E-state index contributed by atoms with van der Waals surface area (Å²) in [6.07, 6.45) is 8.48. The maximum atomic E-state index is 2.44. The first-order chi connectivity index (χ1) is 9.90. The van der Waals surface area contributed by atoms with Crippen molar-refractivity contribution in [2.24, 2.45) is 5.92 Å². The van der Waals surface area contributed by atoms with Crippen molar-refractivity contribution in [1.82, 2.24) is 0 Å². The summed E-state index contributed by atoms with van der Waals surface area (Å²) < 4.78 is 2.87. The number of rotatable bonds is 2. The Labute approximate surface area is 124 Å². The fraction of sp³-hybridized carbons (Fsp3) is 0.368. The van der Waals surface area contributed by atoms with Crippen molar-refractivity contribution in [2.75, 3.05) is 0 Å². The fourth-order valence-corrected chi connectivity index (χ4v) is 4.79. The van der Waals surface area contributed by atoms with Crippen LogP contribution in [0.25, 0.3) is 20.2 Å². The summed E-state index contributed by atoms with van der Waals surface area (Å²) in [5.74, 6) is 0.926. The van der Waals surface area contributed by atoms with E-state index < -0.39 is 0 Å². The first kappa shape index (κ1) is 12.4. The topological polar surface area (TPSA) is 0 Å². The maximum Gasteiger partial charge on any atom is 0.0358 e. The van der Waals surface area contributed by atoms with Gasteiger partial charge in [0.1, 0.15) is 0 Å². The van der Waals surface area contributed by atoms with E-state index in [0.29, 0.717) is 0 Å². The first-order valence-corrected chi connectivity index (χ1v) is 8.62. The average Bonchev–Trinajstić information content (AvgIpc) is 2.86. The summed E-state index contributed by atoms with van der Waals surface area (Å²) in [7, 11) is 0. The second-order valence-corrected chi connectivity index (χ2v) is 7.22. The maximum absolute atomic E-state index is 2.44. The van der Waals surface area contributed by atoms with Gasteiger partial charge >= 0.3 is 0 Å². The second kappa shape index (κ2) is 5.21. The zero-order valence-corrected chi connectivity index (χ0v) is 12.6. The number of fused-ring (bicyclic) bond motifs is 3. The van der Waals surface area contributed by atoms with Crippen LogP contribution in [0.1, 0.15) is 37.7 Å². The number of thiophene rings is 1. The minimum atomic E-state index is 0.926. The lowest BCUT2D eigenvalue weighted by Crippen LogP contribution is -2.08. The van der Waals surface area contributed by atoms with E-state index in [1.165, 1.54) is 64.3 Å². The molecule has 2 aromatic carbocycles. The summed E-state index contributed by atoms with van der Waals surface area (Å²) in [5.41, 5.74) is 1.54. The molecule has 1 fully saturated rings. The smallest absolute Gasteiger partial charge is 0.0358 e. The standard InChI is InChI=1S/C19H20S/c1-2-6-14(7-3-1)12-15-10-11-17-16-8-4-5-9-18(16)20-19(17)13-15/h4-5,8-11,13-14H,1-3,6-7,12H2. The highest BCUT2D eigenvalue weighted by Gasteiger charge is 2.14. The molecular weight excluding hydrogens is 260 g/mol. The molecule has 0 atom stereocenters. The van der Waals surface area contributed by atoms with Crippen molar-refractivity contribution in [3.63, 3.8) is 0 Å². The van der Waals surface area contributed by atoms with Gasteiger partial charge in [0.05, 0.1) is 0 Å². The molecule has 1 aliphatic rings. The van der Waals surface area contributed by atoms with Crippen molar-refractivity contribution < 1.29 is 0 Å². The van der Waals surface area contributed by atoms with Gasteiger partial charge in [-0.1, -0.05) is 62.4 Å². The summed E-state index contributed by atoms with van der Waals surface area (Å²) >= 11 is 1.94. The van der Waals surface area contributed by atoms with Crippen molar-refractivity contribution in [2.45, 2.75) is 38.5 Å². The lowest BCUT2D eigenvalue weighted by molar-refractivity contribution is 0.357. The molecule has 102 valence electrons. The predicted octanol–water partition coefficient (Wildman–Crippen LogP) is 6.18. The molecule has 1 heterocycles. The van der Waals surface area contributed by atoms with Crippen molar-refractivity contribution in [1.29, 1.82) is 0 Å². The molecule has 0 N–H and O–H groups in total. The monoisotopic (exact) mass is 280 g/mol. The lowest BCUT2D eigenvalue weighted by Gasteiger charge is -2.21. The summed E-state index contributed by atoms with van der Waals surface area (Å²) in [6, 6.07) is 15.9. The van der Waals surface area contributed by atoms with Gasteiger partial charge in [0, 0.05) is 20.2 Å². The third-order valence-electron chi connectivity index (χ3n) is 4.69. The minimum absolute atomic E-state index is 0.926.